The lowest BCUT2D eigenvalue weighted by Crippen LogP contribution is -2.13. The Kier molecular flexibility index (Phi) is 7.07. The maximum Gasteiger partial charge on any atom is 0.199 e. The number of aryl methyl sites for hydroxylation is 2. The monoisotopic (exact) mass is 311 g/mol. The van der Waals surface area contributed by atoms with Crippen LogP contribution in [0.1, 0.15) is 50.2 Å². The Morgan fingerprint density at radius 3 is 2.43 bits per heavy atom. The molecule has 0 spiro atoms. The van der Waals surface area contributed by atoms with Gasteiger partial charge < -0.3 is 0 Å². The molecule has 0 atom stereocenters. The topological polar surface area (TPSA) is 23.8 Å². The molecule has 0 unspecified atom stereocenters. The van der Waals surface area contributed by atoms with Crippen molar-refractivity contribution in [3.8, 4) is 6.07 Å². The van der Waals surface area contributed by atoms with Crippen LogP contribution in [0.15, 0.2) is 48.3 Å². The molecule has 0 aliphatic heterocycles. The lowest BCUT2D eigenvalue weighted by Gasteiger charge is -2.26. The van der Waals surface area contributed by atoms with E-state index in [1.54, 1.807) is 6.08 Å². The van der Waals surface area contributed by atoms with Crippen LogP contribution < -0.4 is 0 Å². The number of nitrogens with zero attached hydrogens (tertiary/aromatic N) is 1. The summed E-state index contributed by atoms with van der Waals surface area (Å²) in [5.74, 6) is 0.638. The molecule has 0 amide bonds. The summed E-state index contributed by atoms with van der Waals surface area (Å²) < 4.78 is 12.7. The second-order valence-electron chi connectivity index (χ2n) is 6.50. The highest BCUT2D eigenvalue weighted by Crippen LogP contribution is 2.32. The average Bonchev–Trinajstić information content (AvgIpc) is 2.61. The fraction of sp³-hybridized carbons (Fsp3) is 0.476. The van der Waals surface area contributed by atoms with E-state index in [1.807, 2.05) is 0 Å². The molecular weight excluding hydrogens is 285 g/mol. The standard InChI is InChI=1S/C21H26FN/c1-2-17-6-8-19(9-7-17)14-15-20-12-10-18(11-13-20)4-3-5-21(22)16-23/h3-9,18,20H,2,10-15H2,1H3/b4-3+,21-5-. The van der Waals surface area contributed by atoms with Gasteiger partial charge >= 0.3 is 0 Å². The summed E-state index contributed by atoms with van der Waals surface area (Å²) in [4.78, 5) is 0. The molecule has 0 N–H and O–H groups in total. The molecule has 122 valence electrons. The Morgan fingerprint density at radius 2 is 1.83 bits per heavy atom. The predicted octanol–water partition coefficient (Wildman–Crippen LogP) is 5.92. The van der Waals surface area contributed by atoms with Gasteiger partial charge in [0, 0.05) is 0 Å². The van der Waals surface area contributed by atoms with Gasteiger partial charge in [-0.2, -0.15) is 9.65 Å². The lowest BCUT2D eigenvalue weighted by atomic mass is 9.79. The molecule has 1 fully saturated rings. The van der Waals surface area contributed by atoms with E-state index in [0.717, 1.165) is 12.3 Å². The zero-order valence-corrected chi connectivity index (χ0v) is 14.0. The van der Waals surface area contributed by atoms with E-state index in [9.17, 15) is 4.39 Å². The van der Waals surface area contributed by atoms with Crippen molar-refractivity contribution in [2.24, 2.45) is 11.8 Å². The first-order valence-electron chi connectivity index (χ1n) is 8.73. The summed E-state index contributed by atoms with van der Waals surface area (Å²) >= 11 is 0. The van der Waals surface area contributed by atoms with Crippen LogP contribution in [0.5, 0.6) is 0 Å². The molecule has 0 radical (unpaired) electrons. The van der Waals surface area contributed by atoms with Crippen LogP contribution in [0.4, 0.5) is 4.39 Å². The highest BCUT2D eigenvalue weighted by molar-refractivity contribution is 5.22. The minimum absolute atomic E-state index is 0.540. The van der Waals surface area contributed by atoms with Crippen LogP contribution in [-0.2, 0) is 12.8 Å². The van der Waals surface area contributed by atoms with Gasteiger partial charge in [-0.3, -0.25) is 0 Å². The minimum atomic E-state index is -0.718. The Labute approximate surface area is 139 Å². The summed E-state index contributed by atoms with van der Waals surface area (Å²) in [5.41, 5.74) is 2.85. The van der Waals surface area contributed by atoms with Crippen molar-refractivity contribution in [2.75, 3.05) is 0 Å². The first-order chi connectivity index (χ1) is 11.2. The first kappa shape index (κ1) is 17.5. The van der Waals surface area contributed by atoms with E-state index in [0.29, 0.717) is 5.92 Å². The number of hydrogen-bond acceptors (Lipinski definition) is 1. The van der Waals surface area contributed by atoms with Crippen LogP contribution in [0.2, 0.25) is 0 Å². The Morgan fingerprint density at radius 1 is 1.17 bits per heavy atom. The van der Waals surface area contributed by atoms with Gasteiger partial charge in [0.15, 0.2) is 5.83 Å². The van der Waals surface area contributed by atoms with Crippen molar-refractivity contribution in [1.29, 1.82) is 5.26 Å². The highest BCUT2D eigenvalue weighted by atomic mass is 19.1. The van der Waals surface area contributed by atoms with Gasteiger partial charge in [0.25, 0.3) is 0 Å². The third kappa shape index (κ3) is 6.02. The molecular formula is C21H26FN. The molecule has 1 aliphatic carbocycles. The molecule has 0 aromatic heterocycles. The maximum absolute atomic E-state index is 12.7. The predicted molar refractivity (Wildman–Crippen MR) is 93.5 cm³/mol. The summed E-state index contributed by atoms with van der Waals surface area (Å²) in [6, 6.07) is 10.5. The fourth-order valence-electron chi connectivity index (χ4n) is 3.32. The largest absolute Gasteiger partial charge is 0.199 e. The Hall–Kier alpha value is -1.88. The van der Waals surface area contributed by atoms with Crippen molar-refractivity contribution < 1.29 is 4.39 Å². The molecule has 23 heavy (non-hydrogen) atoms. The van der Waals surface area contributed by atoms with Gasteiger partial charge in [-0.15, -0.1) is 0 Å². The maximum atomic E-state index is 12.7. The van der Waals surface area contributed by atoms with Gasteiger partial charge in [-0.25, -0.2) is 0 Å². The smallest absolute Gasteiger partial charge is 0.195 e. The van der Waals surface area contributed by atoms with E-state index in [-0.39, 0.29) is 0 Å². The van der Waals surface area contributed by atoms with Gasteiger partial charge in [0.05, 0.1) is 0 Å². The number of halogens is 1. The Balaban J connectivity index is 1.71. The minimum Gasteiger partial charge on any atom is -0.195 e. The molecule has 0 saturated heterocycles. The first-order valence-corrected chi connectivity index (χ1v) is 8.73. The van der Waals surface area contributed by atoms with Crippen molar-refractivity contribution in [3.63, 3.8) is 0 Å². The molecule has 1 saturated carbocycles. The number of hydrogen-bond donors (Lipinski definition) is 0. The van der Waals surface area contributed by atoms with E-state index in [2.05, 4.69) is 37.3 Å². The average molecular weight is 311 g/mol. The van der Waals surface area contributed by atoms with Crippen LogP contribution in [-0.4, -0.2) is 0 Å². The Bertz CT molecular complexity index is 569. The molecule has 2 heteroatoms. The second kappa shape index (κ2) is 9.30. The van der Waals surface area contributed by atoms with Crippen LogP contribution in [0.25, 0.3) is 0 Å². The normalized spacial score (nSPS) is 22.2. The third-order valence-electron chi connectivity index (χ3n) is 4.90. The zero-order valence-electron chi connectivity index (χ0n) is 14.0. The number of rotatable bonds is 6. The quantitative estimate of drug-likeness (QED) is 0.472. The summed E-state index contributed by atoms with van der Waals surface area (Å²) in [6.45, 7) is 2.19. The lowest BCUT2D eigenvalue weighted by molar-refractivity contribution is 0.296. The second-order valence-corrected chi connectivity index (χ2v) is 6.50. The number of allylic oxidation sites excluding steroid dienone is 4. The van der Waals surface area contributed by atoms with Gasteiger partial charge in [-0.05, 0) is 74.0 Å². The molecule has 1 aliphatic rings. The van der Waals surface area contributed by atoms with E-state index < -0.39 is 5.83 Å². The summed E-state index contributed by atoms with van der Waals surface area (Å²) in [5, 5.41) is 8.36. The number of benzene rings is 1. The summed E-state index contributed by atoms with van der Waals surface area (Å²) in [6.07, 6.45) is 13.4. The molecule has 2 rings (SSSR count). The van der Waals surface area contributed by atoms with Crippen molar-refractivity contribution in [1.82, 2.24) is 0 Å². The van der Waals surface area contributed by atoms with Gasteiger partial charge in [0.1, 0.15) is 6.07 Å². The van der Waals surface area contributed by atoms with Crippen molar-refractivity contribution >= 4 is 0 Å². The van der Waals surface area contributed by atoms with Crippen molar-refractivity contribution in [3.05, 3.63) is 59.4 Å². The third-order valence-corrected chi connectivity index (χ3v) is 4.90. The molecule has 1 aromatic carbocycles. The highest BCUT2D eigenvalue weighted by Gasteiger charge is 2.19. The van der Waals surface area contributed by atoms with Gasteiger partial charge in [-0.1, -0.05) is 43.3 Å². The number of nitriles is 1. The van der Waals surface area contributed by atoms with Crippen LogP contribution in [0, 0.1) is 23.2 Å². The van der Waals surface area contributed by atoms with Crippen LogP contribution in [0.3, 0.4) is 0 Å². The SMILES string of the molecule is CCc1ccc(CCC2CCC(/C=C/C=C(\F)C#N)CC2)cc1. The summed E-state index contributed by atoms with van der Waals surface area (Å²) in [7, 11) is 0. The molecule has 1 nitrogen and oxygen atoms in total. The van der Waals surface area contributed by atoms with E-state index in [1.165, 1.54) is 61.8 Å². The fourth-order valence-corrected chi connectivity index (χ4v) is 3.32. The van der Waals surface area contributed by atoms with Gasteiger partial charge in [0.2, 0.25) is 0 Å². The van der Waals surface area contributed by atoms with E-state index >= 15 is 0 Å². The van der Waals surface area contributed by atoms with E-state index in [4.69, 9.17) is 5.26 Å². The van der Waals surface area contributed by atoms with Crippen LogP contribution >= 0.6 is 0 Å². The zero-order chi connectivity index (χ0) is 16.5. The molecule has 0 heterocycles. The molecule has 0 bridgehead atoms. The molecule has 1 aromatic rings. The van der Waals surface area contributed by atoms with Crippen molar-refractivity contribution in [2.45, 2.75) is 51.9 Å².